The molecule has 2 rings (SSSR count). The van der Waals surface area contributed by atoms with Gasteiger partial charge in [-0.05, 0) is 61.3 Å². The molecule has 1 aliphatic heterocycles. The van der Waals surface area contributed by atoms with Gasteiger partial charge in [-0.15, -0.1) is 0 Å². The normalized spacial score (nSPS) is 22.4. The van der Waals surface area contributed by atoms with Gasteiger partial charge in [-0.3, -0.25) is 0 Å². The van der Waals surface area contributed by atoms with Crippen LogP contribution in [0.3, 0.4) is 0 Å². The second-order valence-electron chi connectivity index (χ2n) is 4.22. The molecule has 0 unspecified atom stereocenters. The monoisotopic (exact) mass is 210 g/mol. The molecular weight excluding hydrogens is 192 g/mol. The lowest BCUT2D eigenvalue weighted by Crippen LogP contribution is -2.35. The first kappa shape index (κ1) is 10.1. The van der Waals surface area contributed by atoms with Crippen molar-refractivity contribution >= 4 is 11.3 Å². The summed E-state index contributed by atoms with van der Waals surface area (Å²) in [6, 6.07) is 2.42. The van der Waals surface area contributed by atoms with Gasteiger partial charge in [-0.25, -0.2) is 0 Å². The minimum atomic E-state index is 0.259. The molecule has 0 saturated carbocycles. The topological polar surface area (TPSA) is 29.3 Å². The molecule has 1 fully saturated rings. The Morgan fingerprint density at radius 2 is 2.21 bits per heavy atom. The lowest BCUT2D eigenvalue weighted by atomic mass is 9.87. The van der Waals surface area contributed by atoms with E-state index in [1.165, 1.54) is 31.5 Å². The van der Waals surface area contributed by atoms with E-state index in [-0.39, 0.29) is 6.04 Å². The molecule has 2 heterocycles. The van der Waals surface area contributed by atoms with E-state index in [1.807, 2.05) is 0 Å². The Morgan fingerprint density at radius 1 is 1.50 bits per heavy atom. The van der Waals surface area contributed by atoms with Crippen LogP contribution in [0.25, 0.3) is 0 Å². The molecule has 0 radical (unpaired) electrons. The number of nitrogens with zero attached hydrogens (tertiary/aromatic N) is 1. The Bertz CT molecular complexity index is 263. The average Bonchev–Trinajstić information content (AvgIpc) is 2.71. The number of piperidine rings is 1. The minimum absolute atomic E-state index is 0.259. The molecule has 0 aliphatic carbocycles. The van der Waals surface area contributed by atoms with Crippen LogP contribution < -0.4 is 5.73 Å². The molecule has 1 saturated heterocycles. The Labute approximate surface area is 89.7 Å². The largest absolute Gasteiger partial charge is 0.324 e. The highest BCUT2D eigenvalue weighted by atomic mass is 32.1. The summed E-state index contributed by atoms with van der Waals surface area (Å²) in [5, 5.41) is 4.30. The van der Waals surface area contributed by atoms with Gasteiger partial charge in [-0.1, -0.05) is 0 Å². The van der Waals surface area contributed by atoms with Crippen LogP contribution in [0.1, 0.15) is 24.4 Å². The van der Waals surface area contributed by atoms with Crippen LogP contribution >= 0.6 is 11.3 Å². The Balaban J connectivity index is 1.95. The van der Waals surface area contributed by atoms with Gasteiger partial charge in [0.05, 0.1) is 0 Å². The number of thiophene rings is 1. The highest BCUT2D eigenvalue weighted by Gasteiger charge is 2.23. The van der Waals surface area contributed by atoms with Crippen LogP contribution in [0.15, 0.2) is 16.8 Å². The first-order valence-electron chi connectivity index (χ1n) is 5.23. The lowest BCUT2D eigenvalue weighted by Gasteiger charge is -2.32. The molecule has 2 N–H and O–H groups in total. The molecule has 1 aromatic heterocycles. The van der Waals surface area contributed by atoms with E-state index >= 15 is 0 Å². The number of likely N-dealkylation sites (tertiary alicyclic amines) is 1. The number of hydrogen-bond donors (Lipinski definition) is 1. The summed E-state index contributed by atoms with van der Waals surface area (Å²) in [6.07, 6.45) is 2.49. The van der Waals surface area contributed by atoms with Crippen molar-refractivity contribution in [3.8, 4) is 0 Å². The van der Waals surface area contributed by atoms with Gasteiger partial charge in [0.2, 0.25) is 0 Å². The predicted molar refractivity (Wildman–Crippen MR) is 61.5 cm³/mol. The highest BCUT2D eigenvalue weighted by Crippen LogP contribution is 2.29. The molecule has 0 aromatic carbocycles. The van der Waals surface area contributed by atoms with E-state index in [4.69, 9.17) is 5.73 Å². The zero-order chi connectivity index (χ0) is 9.97. The van der Waals surface area contributed by atoms with E-state index in [1.54, 1.807) is 11.3 Å². The molecule has 0 bridgehead atoms. The highest BCUT2D eigenvalue weighted by molar-refractivity contribution is 7.07. The van der Waals surface area contributed by atoms with E-state index in [0.717, 1.165) is 0 Å². The quantitative estimate of drug-likeness (QED) is 0.810. The molecule has 1 atom stereocenters. The third kappa shape index (κ3) is 2.16. The third-order valence-electron chi connectivity index (χ3n) is 3.20. The van der Waals surface area contributed by atoms with Crippen molar-refractivity contribution in [1.82, 2.24) is 4.90 Å². The maximum Gasteiger partial charge on any atom is 0.0332 e. The fourth-order valence-corrected chi connectivity index (χ4v) is 2.83. The van der Waals surface area contributed by atoms with Gasteiger partial charge in [0.15, 0.2) is 0 Å². The zero-order valence-corrected chi connectivity index (χ0v) is 9.46. The summed E-state index contributed by atoms with van der Waals surface area (Å²) in [7, 11) is 2.19. The van der Waals surface area contributed by atoms with Crippen molar-refractivity contribution in [2.24, 2.45) is 11.7 Å². The lowest BCUT2D eigenvalue weighted by molar-refractivity contribution is 0.199. The summed E-state index contributed by atoms with van der Waals surface area (Å²) >= 11 is 1.74. The van der Waals surface area contributed by atoms with Gasteiger partial charge < -0.3 is 10.6 Å². The smallest absolute Gasteiger partial charge is 0.0332 e. The summed E-state index contributed by atoms with van der Waals surface area (Å²) < 4.78 is 0. The SMILES string of the molecule is CN1CCC([C@@H](N)c2ccsc2)CC1. The Kier molecular flexibility index (Phi) is 3.21. The van der Waals surface area contributed by atoms with Crippen molar-refractivity contribution in [1.29, 1.82) is 0 Å². The van der Waals surface area contributed by atoms with Crippen molar-refractivity contribution in [2.45, 2.75) is 18.9 Å². The second kappa shape index (κ2) is 4.43. The molecule has 1 aromatic rings. The molecule has 78 valence electrons. The third-order valence-corrected chi connectivity index (χ3v) is 3.90. The Hall–Kier alpha value is -0.380. The standard InChI is InChI=1S/C11H18N2S/c1-13-5-2-9(3-6-13)11(12)10-4-7-14-8-10/h4,7-9,11H,2-3,5-6,12H2,1H3/t11-/m1/s1. The van der Waals surface area contributed by atoms with Crippen molar-refractivity contribution < 1.29 is 0 Å². The van der Waals surface area contributed by atoms with Gasteiger partial charge in [0, 0.05) is 6.04 Å². The van der Waals surface area contributed by atoms with Crippen LogP contribution in [0.5, 0.6) is 0 Å². The number of hydrogen-bond acceptors (Lipinski definition) is 3. The summed E-state index contributed by atoms with van der Waals surface area (Å²) in [5.41, 5.74) is 7.57. The summed E-state index contributed by atoms with van der Waals surface area (Å²) in [5.74, 6) is 0.681. The molecule has 14 heavy (non-hydrogen) atoms. The van der Waals surface area contributed by atoms with Crippen LogP contribution in [-0.4, -0.2) is 25.0 Å². The van der Waals surface area contributed by atoms with Crippen molar-refractivity contribution in [2.75, 3.05) is 20.1 Å². The van der Waals surface area contributed by atoms with Crippen LogP contribution in [0, 0.1) is 5.92 Å². The summed E-state index contributed by atoms with van der Waals surface area (Å²) in [6.45, 7) is 2.39. The van der Waals surface area contributed by atoms with E-state index in [9.17, 15) is 0 Å². The number of nitrogens with two attached hydrogens (primary N) is 1. The molecule has 1 aliphatic rings. The predicted octanol–water partition coefficient (Wildman–Crippen LogP) is 2.09. The molecular formula is C11H18N2S. The maximum absolute atomic E-state index is 6.25. The molecule has 2 nitrogen and oxygen atoms in total. The number of rotatable bonds is 2. The van der Waals surface area contributed by atoms with E-state index in [0.29, 0.717) is 5.92 Å². The van der Waals surface area contributed by atoms with E-state index < -0.39 is 0 Å². The average molecular weight is 210 g/mol. The summed E-state index contributed by atoms with van der Waals surface area (Å²) in [4.78, 5) is 2.39. The first-order valence-corrected chi connectivity index (χ1v) is 6.18. The van der Waals surface area contributed by atoms with Gasteiger partial charge in [0.1, 0.15) is 0 Å². The van der Waals surface area contributed by atoms with Crippen molar-refractivity contribution in [3.63, 3.8) is 0 Å². The van der Waals surface area contributed by atoms with Crippen LogP contribution in [0.2, 0.25) is 0 Å². The van der Waals surface area contributed by atoms with Gasteiger partial charge in [0.25, 0.3) is 0 Å². The molecule has 0 amide bonds. The van der Waals surface area contributed by atoms with Gasteiger partial charge >= 0.3 is 0 Å². The maximum atomic E-state index is 6.25. The fraction of sp³-hybridized carbons (Fsp3) is 0.636. The molecule has 0 spiro atoms. The fourth-order valence-electron chi connectivity index (χ4n) is 2.12. The molecule has 3 heteroatoms. The van der Waals surface area contributed by atoms with Crippen molar-refractivity contribution in [3.05, 3.63) is 22.4 Å². The Morgan fingerprint density at radius 3 is 2.79 bits per heavy atom. The minimum Gasteiger partial charge on any atom is -0.324 e. The van der Waals surface area contributed by atoms with Crippen LogP contribution in [-0.2, 0) is 0 Å². The zero-order valence-electron chi connectivity index (χ0n) is 8.65. The van der Waals surface area contributed by atoms with E-state index in [2.05, 4.69) is 28.8 Å². The second-order valence-corrected chi connectivity index (χ2v) is 5.00. The van der Waals surface area contributed by atoms with Gasteiger partial charge in [-0.2, -0.15) is 11.3 Å². The van der Waals surface area contributed by atoms with Crippen LogP contribution in [0.4, 0.5) is 0 Å². The first-order chi connectivity index (χ1) is 6.77.